The summed E-state index contributed by atoms with van der Waals surface area (Å²) in [6.45, 7) is 3.85. The zero-order valence-electron chi connectivity index (χ0n) is 22.1. The monoisotopic (exact) mass is 534 g/mol. The second-order valence-electron chi connectivity index (χ2n) is 9.80. The van der Waals surface area contributed by atoms with E-state index in [1.54, 1.807) is 14.0 Å². The van der Waals surface area contributed by atoms with Crippen LogP contribution in [0.2, 0.25) is 0 Å². The minimum Gasteiger partial charge on any atom is -0.497 e. The molecule has 2 heterocycles. The highest BCUT2D eigenvalue weighted by Crippen LogP contribution is 2.50. The molecule has 0 saturated heterocycles. The van der Waals surface area contributed by atoms with Crippen LogP contribution in [0.5, 0.6) is 17.2 Å². The number of nitrogens with zero attached hydrogens (tertiary/aromatic N) is 1. The summed E-state index contributed by atoms with van der Waals surface area (Å²) in [6, 6.07) is 10.4. The van der Waals surface area contributed by atoms with Crippen LogP contribution in [-0.4, -0.2) is 37.2 Å². The Balaban J connectivity index is 1.62. The van der Waals surface area contributed by atoms with Gasteiger partial charge < -0.3 is 24.3 Å². The fraction of sp³-hybridized carbons (Fsp3) is 0.379. The van der Waals surface area contributed by atoms with Crippen molar-refractivity contribution in [2.45, 2.75) is 51.4 Å². The van der Waals surface area contributed by atoms with Gasteiger partial charge in [-0.3, -0.25) is 14.9 Å². The zero-order chi connectivity index (χ0) is 27.7. The normalized spacial score (nSPS) is 19.9. The van der Waals surface area contributed by atoms with E-state index in [2.05, 4.69) is 5.32 Å². The third-order valence-corrected chi connectivity index (χ3v) is 7.40. The quantitative estimate of drug-likeness (QED) is 0.215. The van der Waals surface area contributed by atoms with E-state index in [0.717, 1.165) is 17.7 Å². The molecule has 0 saturated carbocycles. The number of allylic oxidation sites excluding steroid dienone is 3. The van der Waals surface area contributed by atoms with E-state index in [9.17, 15) is 19.7 Å². The number of dihydropyridines is 1. The Hall–Kier alpha value is -4.34. The minimum absolute atomic E-state index is 0.0701. The summed E-state index contributed by atoms with van der Waals surface area (Å²) in [5.41, 5.74) is 2.58. The Morgan fingerprint density at radius 3 is 2.54 bits per heavy atom. The smallest absolute Gasteiger partial charge is 0.336 e. The summed E-state index contributed by atoms with van der Waals surface area (Å²) in [4.78, 5) is 39.0. The number of nitro benzene ring substituents is 1. The minimum atomic E-state index is -0.991. The fourth-order valence-electron chi connectivity index (χ4n) is 5.46. The van der Waals surface area contributed by atoms with Crippen LogP contribution in [0.3, 0.4) is 0 Å². The third-order valence-electron chi connectivity index (χ3n) is 7.40. The molecule has 39 heavy (non-hydrogen) atoms. The first kappa shape index (κ1) is 26.3. The topological polar surface area (TPSA) is 126 Å². The van der Waals surface area contributed by atoms with Crippen molar-refractivity contribution in [2.24, 2.45) is 0 Å². The molecule has 0 fully saturated rings. The maximum Gasteiger partial charge on any atom is 0.336 e. The number of nitro groups is 1. The Morgan fingerprint density at radius 2 is 1.87 bits per heavy atom. The Kier molecular flexibility index (Phi) is 7.28. The van der Waals surface area contributed by atoms with Crippen molar-refractivity contribution in [1.29, 1.82) is 0 Å². The summed E-state index contributed by atoms with van der Waals surface area (Å²) in [5, 5.41) is 15.5. The second kappa shape index (κ2) is 10.8. The highest BCUT2D eigenvalue weighted by Gasteiger charge is 2.44. The molecule has 0 radical (unpaired) electrons. The molecule has 2 atom stereocenters. The van der Waals surface area contributed by atoms with Crippen LogP contribution < -0.4 is 19.5 Å². The van der Waals surface area contributed by atoms with Crippen molar-refractivity contribution < 1.29 is 33.5 Å². The first-order valence-corrected chi connectivity index (χ1v) is 12.9. The van der Waals surface area contributed by atoms with Gasteiger partial charge in [-0.05, 0) is 49.4 Å². The number of ketones is 1. The molecule has 2 aliphatic heterocycles. The van der Waals surface area contributed by atoms with Gasteiger partial charge >= 0.3 is 5.97 Å². The number of carbonyl (C=O) groups excluding carboxylic acids is 2. The van der Waals surface area contributed by atoms with Gasteiger partial charge in [0.15, 0.2) is 17.3 Å². The molecule has 10 heteroatoms. The average Bonchev–Trinajstić information content (AvgIpc) is 3.39. The van der Waals surface area contributed by atoms with Gasteiger partial charge in [0.2, 0.25) is 6.79 Å². The van der Waals surface area contributed by atoms with Gasteiger partial charge in [0, 0.05) is 29.0 Å². The van der Waals surface area contributed by atoms with E-state index in [1.807, 2.05) is 31.2 Å². The van der Waals surface area contributed by atoms with E-state index in [0.29, 0.717) is 35.6 Å². The molecule has 2 aromatic carbocycles. The molecule has 0 amide bonds. The van der Waals surface area contributed by atoms with E-state index >= 15 is 0 Å². The molecule has 3 aliphatic rings. The van der Waals surface area contributed by atoms with Crippen LogP contribution in [0.25, 0.3) is 0 Å². The summed E-state index contributed by atoms with van der Waals surface area (Å²) < 4.78 is 21.7. The first-order valence-electron chi connectivity index (χ1n) is 12.9. The molecule has 10 nitrogen and oxygen atoms in total. The molecule has 0 aromatic heterocycles. The lowest BCUT2D eigenvalue weighted by Gasteiger charge is -2.36. The third kappa shape index (κ3) is 4.94. The number of fused-ring (bicyclic) bond motifs is 1. The zero-order valence-corrected chi connectivity index (χ0v) is 22.1. The molecule has 5 rings (SSSR count). The van der Waals surface area contributed by atoms with Crippen LogP contribution in [-0.2, 0) is 14.3 Å². The Labute approximate surface area is 225 Å². The number of hydrogen-bond acceptors (Lipinski definition) is 9. The van der Waals surface area contributed by atoms with Crippen LogP contribution in [0.15, 0.2) is 58.9 Å². The number of unbranched alkanes of at least 4 members (excludes halogenated alkanes) is 1. The fourth-order valence-corrected chi connectivity index (χ4v) is 5.46. The number of rotatable bonds is 8. The van der Waals surface area contributed by atoms with Crippen LogP contribution in [0.4, 0.5) is 5.69 Å². The van der Waals surface area contributed by atoms with Gasteiger partial charge in [0.05, 0.1) is 36.2 Å². The van der Waals surface area contributed by atoms with Gasteiger partial charge in [0.25, 0.3) is 5.69 Å². The molecule has 204 valence electrons. The highest BCUT2D eigenvalue weighted by molar-refractivity contribution is 6.04. The van der Waals surface area contributed by atoms with Crippen molar-refractivity contribution in [3.05, 3.63) is 80.2 Å². The largest absolute Gasteiger partial charge is 0.497 e. The Bertz CT molecular complexity index is 1390. The number of hydrogen-bond donors (Lipinski definition) is 1. The molecule has 2 unspecified atom stereocenters. The molecule has 0 spiro atoms. The molecule has 1 N–H and O–H groups in total. The van der Waals surface area contributed by atoms with E-state index in [1.165, 1.54) is 12.1 Å². The summed E-state index contributed by atoms with van der Waals surface area (Å²) in [7, 11) is 1.59. The highest BCUT2D eigenvalue weighted by atomic mass is 16.7. The first-order chi connectivity index (χ1) is 18.8. The number of benzene rings is 2. The van der Waals surface area contributed by atoms with Gasteiger partial charge in [-0.15, -0.1) is 0 Å². The molecule has 0 bridgehead atoms. The standard InChI is InChI=1S/C29H30N2O8/c1-4-5-10-37-29(33)26-16(2)30-21-11-18(17-6-8-19(36-3)9-7-17)12-23(32)28(21)27(26)20-13-24-25(39-15-38-24)14-22(20)31(34)35/h6-9,13-14,18,27,30H,4-5,10-12,15H2,1-3H3. The second-order valence-corrected chi connectivity index (χ2v) is 9.80. The van der Waals surface area contributed by atoms with Gasteiger partial charge in [0.1, 0.15) is 5.75 Å². The predicted octanol–water partition coefficient (Wildman–Crippen LogP) is 5.04. The molecule has 2 aromatic rings. The molecule has 1 aliphatic carbocycles. The van der Waals surface area contributed by atoms with Crippen molar-refractivity contribution in [1.82, 2.24) is 5.32 Å². The number of esters is 1. The number of Topliss-reactive ketones (excluding diaryl/α,β-unsaturated/α-hetero) is 1. The van der Waals surface area contributed by atoms with Gasteiger partial charge in [-0.25, -0.2) is 4.79 Å². The molecular weight excluding hydrogens is 504 g/mol. The van der Waals surface area contributed by atoms with Crippen molar-refractivity contribution in [3.8, 4) is 17.2 Å². The number of carbonyl (C=O) groups is 2. The molecular formula is C29H30N2O8. The van der Waals surface area contributed by atoms with Crippen LogP contribution in [0.1, 0.15) is 62.5 Å². The number of nitrogens with one attached hydrogen (secondary N) is 1. The van der Waals surface area contributed by atoms with Crippen LogP contribution in [0, 0.1) is 10.1 Å². The van der Waals surface area contributed by atoms with E-state index < -0.39 is 16.8 Å². The maximum absolute atomic E-state index is 13.8. The Morgan fingerprint density at radius 1 is 1.15 bits per heavy atom. The lowest BCUT2D eigenvalue weighted by atomic mass is 9.71. The summed E-state index contributed by atoms with van der Waals surface area (Å²) in [5.74, 6) is -0.600. The van der Waals surface area contributed by atoms with Crippen LogP contribution >= 0.6 is 0 Å². The number of ether oxygens (including phenoxy) is 4. The number of methoxy groups -OCH3 is 1. The predicted molar refractivity (Wildman–Crippen MR) is 141 cm³/mol. The van der Waals surface area contributed by atoms with Gasteiger partial charge in [-0.1, -0.05) is 25.5 Å². The van der Waals surface area contributed by atoms with Crippen molar-refractivity contribution in [2.75, 3.05) is 20.5 Å². The van der Waals surface area contributed by atoms with E-state index in [-0.39, 0.29) is 54.1 Å². The SMILES string of the molecule is CCCCOC(=O)C1=C(C)NC2=C(C(=O)CC(c3ccc(OC)cc3)C2)C1c1cc2c(cc1[N+](=O)[O-])OCO2. The maximum atomic E-state index is 13.8. The van der Waals surface area contributed by atoms with Crippen molar-refractivity contribution in [3.63, 3.8) is 0 Å². The summed E-state index contributed by atoms with van der Waals surface area (Å²) >= 11 is 0. The lowest BCUT2D eigenvalue weighted by molar-refractivity contribution is -0.385. The summed E-state index contributed by atoms with van der Waals surface area (Å²) in [6.07, 6.45) is 2.20. The van der Waals surface area contributed by atoms with Gasteiger partial charge in [-0.2, -0.15) is 0 Å². The van der Waals surface area contributed by atoms with E-state index in [4.69, 9.17) is 18.9 Å². The van der Waals surface area contributed by atoms with Crippen molar-refractivity contribution >= 4 is 17.4 Å². The lowest BCUT2D eigenvalue weighted by Crippen LogP contribution is -2.36. The average molecular weight is 535 g/mol.